The van der Waals surface area contributed by atoms with Crippen molar-refractivity contribution in [3.63, 3.8) is 0 Å². The van der Waals surface area contributed by atoms with Gasteiger partial charge in [-0.05, 0) is 44.9 Å². The molecule has 1 aromatic heterocycles. The highest BCUT2D eigenvalue weighted by molar-refractivity contribution is 9.10. The predicted molar refractivity (Wildman–Crippen MR) is 69.6 cm³/mol. The van der Waals surface area contributed by atoms with Crippen LogP contribution >= 0.6 is 27.3 Å². The van der Waals surface area contributed by atoms with E-state index in [-0.39, 0.29) is 0 Å². The first kappa shape index (κ1) is 9.43. The first-order valence-electron chi connectivity index (χ1n) is 4.93. The van der Waals surface area contributed by atoms with E-state index in [0.717, 1.165) is 13.0 Å². The van der Waals surface area contributed by atoms with E-state index in [1.807, 2.05) is 0 Å². The molecule has 0 atom stereocenters. The van der Waals surface area contributed by atoms with Crippen LogP contribution in [0.25, 0.3) is 11.1 Å². The number of rotatable bonds is 1. The number of halogens is 1. The van der Waals surface area contributed by atoms with Gasteiger partial charge in [-0.25, -0.2) is 0 Å². The molecule has 0 spiro atoms. The average Bonchev–Trinajstić information content (AvgIpc) is 2.84. The molecule has 0 amide bonds. The fourth-order valence-corrected chi connectivity index (χ4v) is 3.48. The van der Waals surface area contributed by atoms with Gasteiger partial charge in [0.1, 0.15) is 0 Å². The summed E-state index contributed by atoms with van der Waals surface area (Å²) in [4.78, 5) is 0. The van der Waals surface area contributed by atoms with Crippen molar-refractivity contribution in [2.24, 2.45) is 0 Å². The van der Waals surface area contributed by atoms with Gasteiger partial charge < -0.3 is 5.32 Å². The van der Waals surface area contributed by atoms with Crippen molar-refractivity contribution in [2.45, 2.75) is 6.42 Å². The van der Waals surface area contributed by atoms with Gasteiger partial charge in [0.25, 0.3) is 0 Å². The third kappa shape index (κ3) is 1.60. The standard InChI is InChI=1S/C12H10BrNS/c13-11-7-15-6-10(11)9-2-1-8-3-4-14-12(8)5-9/h1-2,5-7,14H,3-4H2. The fourth-order valence-electron chi connectivity index (χ4n) is 1.95. The minimum absolute atomic E-state index is 1.07. The van der Waals surface area contributed by atoms with Gasteiger partial charge in [0.05, 0.1) is 0 Å². The lowest BCUT2D eigenvalue weighted by molar-refractivity contribution is 1.11. The van der Waals surface area contributed by atoms with Crippen molar-refractivity contribution in [1.82, 2.24) is 0 Å². The molecule has 0 unspecified atom stereocenters. The molecule has 3 rings (SSSR count). The average molecular weight is 280 g/mol. The van der Waals surface area contributed by atoms with E-state index in [4.69, 9.17) is 0 Å². The van der Waals surface area contributed by atoms with Crippen LogP contribution in [0.15, 0.2) is 33.4 Å². The van der Waals surface area contributed by atoms with Crippen LogP contribution in [0.5, 0.6) is 0 Å². The lowest BCUT2D eigenvalue weighted by Gasteiger charge is -2.04. The highest BCUT2D eigenvalue weighted by atomic mass is 79.9. The van der Waals surface area contributed by atoms with Crippen molar-refractivity contribution in [1.29, 1.82) is 0 Å². The van der Waals surface area contributed by atoms with E-state index in [2.05, 4.69) is 50.2 Å². The monoisotopic (exact) mass is 279 g/mol. The summed E-state index contributed by atoms with van der Waals surface area (Å²) >= 11 is 5.30. The normalized spacial score (nSPS) is 13.7. The number of hydrogen-bond acceptors (Lipinski definition) is 2. The van der Waals surface area contributed by atoms with E-state index in [9.17, 15) is 0 Å². The van der Waals surface area contributed by atoms with E-state index in [0.29, 0.717) is 0 Å². The third-order valence-electron chi connectivity index (χ3n) is 2.75. The number of nitrogens with one attached hydrogen (secondary N) is 1. The predicted octanol–water partition coefficient (Wildman–Crippen LogP) is 4.15. The second kappa shape index (κ2) is 3.65. The molecule has 0 saturated carbocycles. The van der Waals surface area contributed by atoms with E-state index < -0.39 is 0 Å². The molecule has 0 radical (unpaired) electrons. The molecule has 0 aliphatic carbocycles. The first-order valence-corrected chi connectivity index (χ1v) is 6.67. The van der Waals surface area contributed by atoms with Gasteiger partial charge in [0.15, 0.2) is 0 Å². The molecule has 2 aromatic rings. The molecule has 15 heavy (non-hydrogen) atoms. The number of thiophene rings is 1. The summed E-state index contributed by atoms with van der Waals surface area (Å²) < 4.78 is 1.19. The molecule has 76 valence electrons. The molecular formula is C12H10BrNS. The molecule has 1 aliphatic heterocycles. The molecule has 0 bridgehead atoms. The van der Waals surface area contributed by atoms with Gasteiger partial charge in [-0.1, -0.05) is 12.1 Å². The zero-order valence-corrected chi connectivity index (χ0v) is 10.5. The van der Waals surface area contributed by atoms with Crippen LogP contribution in [0.4, 0.5) is 5.69 Å². The topological polar surface area (TPSA) is 12.0 Å². The van der Waals surface area contributed by atoms with Gasteiger partial charge in [0, 0.05) is 27.6 Å². The lowest BCUT2D eigenvalue weighted by atomic mass is 10.1. The summed E-state index contributed by atoms with van der Waals surface area (Å²) in [6, 6.07) is 6.68. The Bertz CT molecular complexity index is 504. The van der Waals surface area contributed by atoms with Crippen LogP contribution in [-0.4, -0.2) is 6.54 Å². The summed E-state index contributed by atoms with van der Waals surface area (Å²) in [5.41, 5.74) is 5.31. The first-order chi connectivity index (χ1) is 7.34. The molecule has 0 saturated heterocycles. The quantitative estimate of drug-likeness (QED) is 0.827. The van der Waals surface area contributed by atoms with E-state index >= 15 is 0 Å². The highest BCUT2D eigenvalue weighted by Gasteiger charge is 2.11. The van der Waals surface area contributed by atoms with Gasteiger partial charge in [0.2, 0.25) is 0 Å². The molecule has 3 heteroatoms. The van der Waals surface area contributed by atoms with Gasteiger partial charge in [-0.2, -0.15) is 11.3 Å². The van der Waals surface area contributed by atoms with Gasteiger partial charge in [-0.3, -0.25) is 0 Å². The van der Waals surface area contributed by atoms with Crippen molar-refractivity contribution in [3.05, 3.63) is 39.0 Å². The van der Waals surface area contributed by atoms with Gasteiger partial charge in [-0.15, -0.1) is 0 Å². The zero-order chi connectivity index (χ0) is 10.3. The smallest absolute Gasteiger partial charge is 0.0379 e. The van der Waals surface area contributed by atoms with Crippen molar-refractivity contribution in [3.8, 4) is 11.1 Å². The van der Waals surface area contributed by atoms with Crippen molar-refractivity contribution >= 4 is 33.0 Å². The van der Waals surface area contributed by atoms with Gasteiger partial charge >= 0.3 is 0 Å². The Morgan fingerprint density at radius 2 is 2.20 bits per heavy atom. The second-order valence-electron chi connectivity index (χ2n) is 3.68. The van der Waals surface area contributed by atoms with E-state index in [1.54, 1.807) is 11.3 Å². The Labute approximate surface area is 101 Å². The number of fused-ring (bicyclic) bond motifs is 1. The molecule has 1 aromatic carbocycles. The molecule has 1 nitrogen and oxygen atoms in total. The summed E-state index contributed by atoms with van der Waals surface area (Å²) in [5.74, 6) is 0. The Hall–Kier alpha value is -0.800. The second-order valence-corrected chi connectivity index (χ2v) is 5.28. The SMILES string of the molecule is Brc1cscc1-c1ccc2c(c1)NCC2. The maximum atomic E-state index is 3.57. The summed E-state index contributed by atoms with van der Waals surface area (Å²) in [6.45, 7) is 1.07. The Morgan fingerprint density at radius 3 is 3.00 bits per heavy atom. The van der Waals surface area contributed by atoms with E-state index in [1.165, 1.54) is 26.9 Å². The van der Waals surface area contributed by atoms with Crippen molar-refractivity contribution < 1.29 is 0 Å². The molecule has 1 aliphatic rings. The molecule has 1 N–H and O–H groups in total. The molecule has 0 fully saturated rings. The third-order valence-corrected chi connectivity index (χ3v) is 4.45. The number of anilines is 1. The van der Waals surface area contributed by atoms with Crippen LogP contribution in [0.2, 0.25) is 0 Å². The van der Waals surface area contributed by atoms with Crippen LogP contribution in [0, 0.1) is 0 Å². The minimum atomic E-state index is 1.07. The van der Waals surface area contributed by atoms with Crippen LogP contribution in [0.3, 0.4) is 0 Å². The Morgan fingerprint density at radius 1 is 1.27 bits per heavy atom. The summed E-state index contributed by atoms with van der Waals surface area (Å²) in [6.07, 6.45) is 1.15. The van der Waals surface area contributed by atoms with Crippen LogP contribution in [-0.2, 0) is 6.42 Å². The molecular weight excluding hydrogens is 270 g/mol. The lowest BCUT2D eigenvalue weighted by Crippen LogP contribution is -1.90. The summed E-state index contributed by atoms with van der Waals surface area (Å²) in [5, 5.41) is 7.71. The fraction of sp³-hybridized carbons (Fsp3) is 0.167. The number of hydrogen-bond donors (Lipinski definition) is 1. The maximum absolute atomic E-state index is 3.57. The Balaban J connectivity index is 2.11. The van der Waals surface area contributed by atoms with Crippen LogP contribution in [0.1, 0.15) is 5.56 Å². The summed E-state index contributed by atoms with van der Waals surface area (Å²) in [7, 11) is 0. The maximum Gasteiger partial charge on any atom is 0.0379 e. The van der Waals surface area contributed by atoms with Crippen molar-refractivity contribution in [2.75, 3.05) is 11.9 Å². The minimum Gasteiger partial charge on any atom is -0.384 e. The highest BCUT2D eigenvalue weighted by Crippen LogP contribution is 2.34. The number of benzene rings is 1. The Kier molecular flexibility index (Phi) is 2.29. The van der Waals surface area contributed by atoms with Crippen LogP contribution < -0.4 is 5.32 Å². The zero-order valence-electron chi connectivity index (χ0n) is 8.09. The largest absolute Gasteiger partial charge is 0.384 e. The molecule has 2 heterocycles.